The molecular weight excluding hydrogens is 1210 g/mol. The second kappa shape index (κ2) is 63.8. The number of hydrogen-bond acceptors (Lipinski definition) is 15. The second-order valence-corrected chi connectivity index (χ2v) is 30.4. The first-order valence-corrected chi connectivity index (χ1v) is 40.9. The van der Waals surface area contributed by atoms with E-state index >= 15 is 0 Å². The van der Waals surface area contributed by atoms with Crippen LogP contribution in [0.1, 0.15) is 370 Å². The molecule has 0 aromatic carbocycles. The van der Waals surface area contributed by atoms with Crippen LogP contribution in [0.25, 0.3) is 0 Å². The van der Waals surface area contributed by atoms with Gasteiger partial charge in [0.25, 0.3) is 0 Å². The van der Waals surface area contributed by atoms with Gasteiger partial charge in [-0.15, -0.1) is 0 Å². The van der Waals surface area contributed by atoms with Crippen LogP contribution >= 0.6 is 15.6 Å². The number of phosphoric acid groups is 2. The summed E-state index contributed by atoms with van der Waals surface area (Å²) in [5.41, 5.74) is 0. The summed E-state index contributed by atoms with van der Waals surface area (Å²) < 4.78 is 68.3. The molecule has 0 aromatic heterocycles. The number of phosphoric ester groups is 2. The maximum absolute atomic E-state index is 13.1. The number of unbranched alkanes of at least 4 members (excludes halogenated alkanes) is 38. The number of aliphatic hydroxyl groups excluding tert-OH is 1. The van der Waals surface area contributed by atoms with Gasteiger partial charge in [0.1, 0.15) is 19.3 Å². The van der Waals surface area contributed by atoms with Crippen LogP contribution < -0.4 is 0 Å². The Bertz CT molecular complexity index is 1800. The van der Waals surface area contributed by atoms with Crippen LogP contribution in [0.2, 0.25) is 0 Å². The highest BCUT2D eigenvalue weighted by molar-refractivity contribution is 7.47. The molecule has 3 N–H and O–H groups in total. The summed E-state index contributed by atoms with van der Waals surface area (Å²) in [5.74, 6) is 0.224. The first-order valence-electron chi connectivity index (χ1n) is 37.9. The topological polar surface area (TPSA) is 237 Å². The minimum Gasteiger partial charge on any atom is -0.462 e. The lowest BCUT2D eigenvalue weighted by atomic mass is 9.99. The van der Waals surface area contributed by atoms with Gasteiger partial charge in [-0.3, -0.25) is 37.3 Å². The zero-order valence-corrected chi connectivity index (χ0v) is 61.8. The third kappa shape index (κ3) is 65.4. The highest BCUT2D eigenvalue weighted by atomic mass is 31.2. The lowest BCUT2D eigenvalue weighted by Crippen LogP contribution is -2.30. The van der Waals surface area contributed by atoms with Crippen molar-refractivity contribution in [1.82, 2.24) is 0 Å². The molecule has 0 fully saturated rings. The molecule has 0 rings (SSSR count). The molecule has 0 aliphatic rings. The van der Waals surface area contributed by atoms with Crippen molar-refractivity contribution in [3.63, 3.8) is 0 Å². The Morgan fingerprint density at radius 2 is 0.554 bits per heavy atom. The van der Waals surface area contributed by atoms with Crippen LogP contribution in [0, 0.1) is 17.8 Å². The minimum atomic E-state index is -4.95. The number of rotatable bonds is 71. The fourth-order valence-electron chi connectivity index (χ4n) is 11.0. The summed E-state index contributed by atoms with van der Waals surface area (Å²) in [6.07, 6.45) is 48.5. The molecule has 92 heavy (non-hydrogen) atoms. The van der Waals surface area contributed by atoms with Crippen LogP contribution in [0.15, 0.2) is 0 Å². The molecule has 0 aliphatic carbocycles. The van der Waals surface area contributed by atoms with E-state index in [4.69, 9.17) is 37.0 Å². The first kappa shape index (κ1) is 90.1. The monoisotopic (exact) mass is 1350 g/mol. The van der Waals surface area contributed by atoms with Crippen LogP contribution in [-0.4, -0.2) is 96.7 Å². The Balaban J connectivity index is 5.22. The summed E-state index contributed by atoms with van der Waals surface area (Å²) in [7, 11) is -9.90. The Morgan fingerprint density at radius 1 is 0.315 bits per heavy atom. The van der Waals surface area contributed by atoms with E-state index in [0.717, 1.165) is 114 Å². The summed E-state index contributed by atoms with van der Waals surface area (Å²) in [4.78, 5) is 72.6. The van der Waals surface area contributed by atoms with Gasteiger partial charge >= 0.3 is 39.5 Å². The third-order valence-corrected chi connectivity index (χ3v) is 19.1. The van der Waals surface area contributed by atoms with Crippen molar-refractivity contribution in [2.45, 2.75) is 388 Å². The van der Waals surface area contributed by atoms with E-state index in [1.807, 2.05) is 0 Å². The maximum Gasteiger partial charge on any atom is 0.472 e. The maximum atomic E-state index is 13.1. The van der Waals surface area contributed by atoms with Crippen molar-refractivity contribution >= 4 is 39.5 Å². The van der Waals surface area contributed by atoms with Gasteiger partial charge in [-0.2, -0.15) is 0 Å². The highest BCUT2D eigenvalue weighted by Gasteiger charge is 2.30. The largest absolute Gasteiger partial charge is 0.472 e. The summed E-state index contributed by atoms with van der Waals surface area (Å²) in [6, 6.07) is 0. The molecule has 0 aliphatic heterocycles. The molecule has 19 heteroatoms. The fourth-order valence-corrected chi connectivity index (χ4v) is 12.6. The van der Waals surface area contributed by atoms with Gasteiger partial charge in [-0.1, -0.05) is 318 Å². The van der Waals surface area contributed by atoms with Gasteiger partial charge in [-0.25, -0.2) is 9.13 Å². The molecule has 0 radical (unpaired) electrons. The normalized spacial score (nSPS) is 14.4. The minimum absolute atomic E-state index is 0.105. The van der Waals surface area contributed by atoms with Crippen LogP contribution in [0.3, 0.4) is 0 Å². The number of carbonyl (C=O) groups is 4. The molecule has 0 bridgehead atoms. The van der Waals surface area contributed by atoms with Gasteiger partial charge in [0.15, 0.2) is 12.2 Å². The van der Waals surface area contributed by atoms with E-state index < -0.39 is 97.5 Å². The van der Waals surface area contributed by atoms with Gasteiger partial charge in [0, 0.05) is 25.7 Å². The highest BCUT2D eigenvalue weighted by Crippen LogP contribution is 2.45. The van der Waals surface area contributed by atoms with Crippen molar-refractivity contribution in [2.24, 2.45) is 17.8 Å². The Morgan fingerprint density at radius 3 is 0.826 bits per heavy atom. The van der Waals surface area contributed by atoms with Crippen LogP contribution in [-0.2, 0) is 65.4 Å². The second-order valence-electron chi connectivity index (χ2n) is 27.5. The molecule has 0 aromatic rings. The van der Waals surface area contributed by atoms with E-state index in [2.05, 4.69) is 48.5 Å². The SMILES string of the molecule is CCCCCCCCCCC(=O)OC[C@H](COP(=O)(O)OC[C@H](O)COP(=O)(O)OC[C@@H](COC(=O)CCCCCCCCCCCCC(C)CC)OC(=O)CCCCCCCCCCCCCCCCCC(C)C)OC(=O)CCCCCCCCCCCC(C)C. The lowest BCUT2D eigenvalue weighted by molar-refractivity contribution is -0.161. The van der Waals surface area contributed by atoms with E-state index in [1.54, 1.807) is 0 Å². The lowest BCUT2D eigenvalue weighted by Gasteiger charge is -2.21. The van der Waals surface area contributed by atoms with E-state index in [1.165, 1.54) is 173 Å². The van der Waals surface area contributed by atoms with Crippen LogP contribution in [0.4, 0.5) is 0 Å². The molecule has 0 saturated heterocycles. The first-order chi connectivity index (χ1) is 44.3. The summed E-state index contributed by atoms with van der Waals surface area (Å²) >= 11 is 0. The van der Waals surface area contributed by atoms with Gasteiger partial charge in [0.2, 0.25) is 0 Å². The zero-order valence-electron chi connectivity index (χ0n) is 60.0. The van der Waals surface area contributed by atoms with Gasteiger partial charge < -0.3 is 33.8 Å². The number of ether oxygens (including phenoxy) is 4. The Kier molecular flexibility index (Phi) is 62.4. The predicted octanol–water partition coefficient (Wildman–Crippen LogP) is 21.0. The van der Waals surface area contributed by atoms with E-state index in [-0.39, 0.29) is 25.7 Å². The zero-order chi connectivity index (χ0) is 68.0. The van der Waals surface area contributed by atoms with E-state index in [0.29, 0.717) is 25.7 Å². The molecule has 0 saturated carbocycles. The summed E-state index contributed by atoms with van der Waals surface area (Å²) in [5, 5.41) is 10.6. The quantitative estimate of drug-likeness (QED) is 0.0222. The van der Waals surface area contributed by atoms with Crippen molar-refractivity contribution in [3.8, 4) is 0 Å². The molecular formula is C73H142O17P2. The van der Waals surface area contributed by atoms with Crippen molar-refractivity contribution < 1.29 is 80.2 Å². The summed E-state index contributed by atoms with van der Waals surface area (Å²) in [6.45, 7) is 11.9. The van der Waals surface area contributed by atoms with Crippen molar-refractivity contribution in [3.05, 3.63) is 0 Å². The average molecular weight is 1350 g/mol. The number of hydrogen-bond donors (Lipinski definition) is 3. The molecule has 0 heterocycles. The predicted molar refractivity (Wildman–Crippen MR) is 372 cm³/mol. The third-order valence-electron chi connectivity index (χ3n) is 17.2. The molecule has 17 nitrogen and oxygen atoms in total. The number of esters is 4. The van der Waals surface area contributed by atoms with Crippen molar-refractivity contribution in [1.29, 1.82) is 0 Å². The Labute approximate surface area is 562 Å². The molecule has 0 spiro atoms. The standard InChI is InChI=1S/C73H142O17P2/c1-8-10-11-12-13-33-40-47-54-70(75)83-60-68(90-73(78)57-50-43-36-29-23-25-31-38-45-52-65(5)6)62-87-91(79,80)85-58-67(74)59-86-92(81,82)88-63-69(61-84-71(76)55-48-41-34-27-22-21-26-32-39-46-53-66(7)9-2)89-72(77)56-49-42-35-28-20-18-16-14-15-17-19-24-30-37-44-51-64(3)4/h64-69,74H,8-63H2,1-7H3,(H,79,80)(H,81,82)/t66?,67-,68+,69+/m0/s1. The average Bonchev–Trinajstić information content (AvgIpc) is 3.23. The molecule has 6 atom stereocenters. The van der Waals surface area contributed by atoms with E-state index in [9.17, 15) is 43.2 Å². The number of carbonyl (C=O) groups excluding carboxylic acids is 4. The molecule has 0 amide bonds. The number of aliphatic hydroxyl groups is 1. The van der Waals surface area contributed by atoms with Crippen molar-refractivity contribution in [2.75, 3.05) is 39.6 Å². The smallest absolute Gasteiger partial charge is 0.462 e. The van der Waals surface area contributed by atoms with Crippen LogP contribution in [0.5, 0.6) is 0 Å². The van der Waals surface area contributed by atoms with Gasteiger partial charge in [-0.05, 0) is 43.4 Å². The molecule has 546 valence electrons. The Hall–Kier alpha value is -1.94. The molecule has 3 unspecified atom stereocenters. The van der Waals surface area contributed by atoms with Gasteiger partial charge in [0.05, 0.1) is 26.4 Å². The fraction of sp³-hybridized carbons (Fsp3) is 0.945.